The van der Waals surface area contributed by atoms with Gasteiger partial charge in [-0.2, -0.15) is 0 Å². The fraction of sp³-hybridized carbons (Fsp3) is 0.231. The molecule has 1 aliphatic rings. The van der Waals surface area contributed by atoms with E-state index in [-0.39, 0.29) is 0 Å². The van der Waals surface area contributed by atoms with Gasteiger partial charge in [0.2, 0.25) is 0 Å². The molecule has 0 radical (unpaired) electrons. The number of hydrogen-bond donors (Lipinski definition) is 1. The maximum absolute atomic E-state index is 9.71. The summed E-state index contributed by atoms with van der Waals surface area (Å²) >= 11 is 0. The van der Waals surface area contributed by atoms with Crippen molar-refractivity contribution in [2.24, 2.45) is 0 Å². The zero-order valence-corrected chi connectivity index (χ0v) is 8.11. The van der Waals surface area contributed by atoms with Crippen molar-refractivity contribution in [1.82, 2.24) is 0 Å². The summed E-state index contributed by atoms with van der Waals surface area (Å²) in [7, 11) is 0. The molecule has 1 N–H and O–H groups in total. The molecule has 0 saturated heterocycles. The monoisotopic (exact) mass is 186 g/mol. The zero-order chi connectivity index (χ0) is 9.80. The van der Waals surface area contributed by atoms with E-state index in [1.54, 1.807) is 6.07 Å². The quantitative estimate of drug-likeness (QED) is 0.617. The number of hydrogen-bond acceptors (Lipinski definition) is 1. The number of fused-ring (bicyclic) bond motifs is 1. The van der Waals surface area contributed by atoms with Crippen LogP contribution < -0.4 is 0 Å². The van der Waals surface area contributed by atoms with Gasteiger partial charge in [-0.05, 0) is 30.9 Å². The molecule has 0 bridgehead atoms. The van der Waals surface area contributed by atoms with Gasteiger partial charge in [0, 0.05) is 5.56 Å². The predicted octanol–water partition coefficient (Wildman–Crippen LogP) is 2.99. The van der Waals surface area contributed by atoms with Gasteiger partial charge in [-0.1, -0.05) is 36.4 Å². The van der Waals surface area contributed by atoms with Crippen molar-refractivity contribution in [2.75, 3.05) is 0 Å². The van der Waals surface area contributed by atoms with Crippen molar-refractivity contribution in [3.63, 3.8) is 0 Å². The van der Waals surface area contributed by atoms with Crippen LogP contribution in [0.4, 0.5) is 0 Å². The van der Waals surface area contributed by atoms with Crippen LogP contribution in [0.5, 0.6) is 5.75 Å². The first-order valence-corrected chi connectivity index (χ1v) is 4.97. The SMILES string of the molecule is Oc1cccc2c1C/C=C/C/C=C\C2. The second-order valence-corrected chi connectivity index (χ2v) is 3.50. The van der Waals surface area contributed by atoms with Crippen molar-refractivity contribution < 1.29 is 5.11 Å². The lowest BCUT2D eigenvalue weighted by Gasteiger charge is -2.07. The highest BCUT2D eigenvalue weighted by molar-refractivity contribution is 5.41. The van der Waals surface area contributed by atoms with Gasteiger partial charge < -0.3 is 5.11 Å². The molecule has 1 heteroatoms. The Balaban J connectivity index is 2.42. The van der Waals surface area contributed by atoms with Gasteiger partial charge in [-0.15, -0.1) is 0 Å². The van der Waals surface area contributed by atoms with E-state index < -0.39 is 0 Å². The Bertz CT molecular complexity index is 375. The molecule has 1 aliphatic carbocycles. The molecule has 0 atom stereocenters. The van der Waals surface area contributed by atoms with E-state index >= 15 is 0 Å². The second kappa shape index (κ2) is 4.14. The fourth-order valence-corrected chi connectivity index (χ4v) is 1.73. The third kappa shape index (κ3) is 1.87. The molecule has 1 aromatic rings. The third-order valence-electron chi connectivity index (χ3n) is 2.51. The van der Waals surface area contributed by atoms with Gasteiger partial charge in [0.15, 0.2) is 0 Å². The van der Waals surface area contributed by atoms with Crippen molar-refractivity contribution >= 4 is 0 Å². The highest BCUT2D eigenvalue weighted by atomic mass is 16.3. The smallest absolute Gasteiger partial charge is 0.119 e. The van der Waals surface area contributed by atoms with E-state index in [0.717, 1.165) is 24.8 Å². The number of allylic oxidation sites excluding steroid dienone is 4. The Morgan fingerprint density at radius 2 is 1.71 bits per heavy atom. The first kappa shape index (κ1) is 9.07. The fourth-order valence-electron chi connectivity index (χ4n) is 1.73. The minimum Gasteiger partial charge on any atom is -0.508 e. The lowest BCUT2D eigenvalue weighted by atomic mass is 10.0. The summed E-state index contributed by atoms with van der Waals surface area (Å²) in [6, 6.07) is 5.75. The van der Waals surface area contributed by atoms with Gasteiger partial charge in [-0.25, -0.2) is 0 Å². The Kier molecular flexibility index (Phi) is 2.68. The Morgan fingerprint density at radius 3 is 2.57 bits per heavy atom. The summed E-state index contributed by atoms with van der Waals surface area (Å²) in [4.78, 5) is 0. The van der Waals surface area contributed by atoms with Crippen LogP contribution in [0.3, 0.4) is 0 Å². The third-order valence-corrected chi connectivity index (χ3v) is 2.51. The minimum absolute atomic E-state index is 0.419. The van der Waals surface area contributed by atoms with Gasteiger partial charge in [0.05, 0.1) is 0 Å². The minimum atomic E-state index is 0.419. The maximum atomic E-state index is 9.71. The zero-order valence-electron chi connectivity index (χ0n) is 8.11. The number of rotatable bonds is 0. The molecule has 2 rings (SSSR count). The Labute approximate surface area is 84.4 Å². The molecule has 0 spiro atoms. The van der Waals surface area contributed by atoms with Crippen LogP contribution >= 0.6 is 0 Å². The summed E-state index contributed by atoms with van der Waals surface area (Å²) in [6.07, 6.45) is 11.3. The molecule has 0 amide bonds. The molecule has 72 valence electrons. The van der Waals surface area contributed by atoms with Gasteiger partial charge in [-0.3, -0.25) is 0 Å². The highest BCUT2D eigenvalue weighted by Gasteiger charge is 2.05. The average molecular weight is 186 g/mol. The van der Waals surface area contributed by atoms with Crippen molar-refractivity contribution in [3.05, 3.63) is 53.6 Å². The van der Waals surface area contributed by atoms with Gasteiger partial charge in [0.1, 0.15) is 5.75 Å². The summed E-state index contributed by atoms with van der Waals surface area (Å²) < 4.78 is 0. The van der Waals surface area contributed by atoms with Crippen molar-refractivity contribution in [1.29, 1.82) is 0 Å². The summed E-state index contributed by atoms with van der Waals surface area (Å²) in [5.74, 6) is 0.419. The van der Waals surface area contributed by atoms with E-state index in [1.807, 2.05) is 6.07 Å². The number of benzene rings is 1. The molecule has 14 heavy (non-hydrogen) atoms. The van der Waals surface area contributed by atoms with Crippen LogP contribution in [-0.4, -0.2) is 5.11 Å². The lowest BCUT2D eigenvalue weighted by molar-refractivity contribution is 0.469. The van der Waals surface area contributed by atoms with E-state index in [4.69, 9.17) is 0 Å². The van der Waals surface area contributed by atoms with Crippen molar-refractivity contribution in [3.8, 4) is 5.75 Å². The first-order valence-electron chi connectivity index (χ1n) is 4.97. The summed E-state index contributed by atoms with van der Waals surface area (Å²) in [6.45, 7) is 0. The molecule has 0 saturated carbocycles. The van der Waals surface area contributed by atoms with Crippen LogP contribution in [0.2, 0.25) is 0 Å². The normalized spacial score (nSPS) is 20.0. The van der Waals surface area contributed by atoms with E-state index in [9.17, 15) is 5.11 Å². The molecule has 1 nitrogen and oxygen atoms in total. The molecule has 0 aliphatic heterocycles. The second-order valence-electron chi connectivity index (χ2n) is 3.50. The van der Waals surface area contributed by atoms with Gasteiger partial charge >= 0.3 is 0 Å². The van der Waals surface area contributed by atoms with Crippen LogP contribution in [0.15, 0.2) is 42.5 Å². The van der Waals surface area contributed by atoms with Crippen LogP contribution in [0.25, 0.3) is 0 Å². The molecule has 0 fully saturated rings. The Hall–Kier alpha value is -1.50. The van der Waals surface area contributed by atoms with E-state index in [1.165, 1.54) is 5.56 Å². The van der Waals surface area contributed by atoms with E-state index in [0.29, 0.717) is 5.75 Å². The lowest BCUT2D eigenvalue weighted by Crippen LogP contribution is -1.91. The number of phenols is 1. The van der Waals surface area contributed by atoms with Gasteiger partial charge in [0.25, 0.3) is 0 Å². The van der Waals surface area contributed by atoms with Crippen LogP contribution in [0.1, 0.15) is 17.5 Å². The molecule has 0 unspecified atom stereocenters. The van der Waals surface area contributed by atoms with Crippen LogP contribution in [-0.2, 0) is 12.8 Å². The topological polar surface area (TPSA) is 20.2 Å². The van der Waals surface area contributed by atoms with Crippen molar-refractivity contribution in [2.45, 2.75) is 19.3 Å². The molecular weight excluding hydrogens is 172 g/mol. The maximum Gasteiger partial charge on any atom is 0.119 e. The number of phenolic OH excluding ortho intramolecular Hbond substituents is 1. The molecule has 1 aromatic carbocycles. The number of aromatic hydroxyl groups is 1. The molecular formula is C13H14O. The molecule has 0 heterocycles. The Morgan fingerprint density at radius 1 is 0.929 bits per heavy atom. The molecule has 0 aromatic heterocycles. The van der Waals surface area contributed by atoms with Crippen LogP contribution in [0, 0.1) is 0 Å². The highest BCUT2D eigenvalue weighted by Crippen LogP contribution is 2.23. The standard InChI is InChI=1S/C13H14O/c14-13-10-6-8-11-7-4-2-1-3-5-9-12(11)13/h2-6,8,10,14H,1,7,9H2/b4-2-,5-3+. The van der Waals surface area contributed by atoms with E-state index in [2.05, 4.69) is 30.4 Å². The predicted molar refractivity (Wildman–Crippen MR) is 58.4 cm³/mol. The first-order chi connectivity index (χ1) is 6.88. The largest absolute Gasteiger partial charge is 0.508 e. The summed E-state index contributed by atoms with van der Waals surface area (Å²) in [5.41, 5.74) is 2.29. The summed E-state index contributed by atoms with van der Waals surface area (Å²) in [5, 5.41) is 9.71. The average Bonchev–Trinajstić information content (AvgIpc) is 2.30.